The highest BCUT2D eigenvalue weighted by Crippen LogP contribution is 2.14. The summed E-state index contributed by atoms with van der Waals surface area (Å²) in [6, 6.07) is 10.3. The van der Waals surface area contributed by atoms with E-state index in [9.17, 15) is 4.79 Å². The van der Waals surface area contributed by atoms with Crippen molar-refractivity contribution in [2.24, 2.45) is 5.92 Å². The fourth-order valence-corrected chi connectivity index (χ4v) is 3.01. The van der Waals surface area contributed by atoms with Crippen LogP contribution in [0.4, 0.5) is 0 Å². The maximum absolute atomic E-state index is 12.6. The Hall–Kier alpha value is -1.85. The van der Waals surface area contributed by atoms with Crippen LogP contribution < -0.4 is 10.6 Å². The van der Waals surface area contributed by atoms with Gasteiger partial charge in [-0.2, -0.15) is 5.10 Å². The van der Waals surface area contributed by atoms with E-state index in [0.717, 1.165) is 25.2 Å². The molecule has 0 bridgehead atoms. The molecule has 0 aliphatic carbocycles. The van der Waals surface area contributed by atoms with E-state index >= 15 is 0 Å². The molecule has 24 heavy (non-hydrogen) atoms. The van der Waals surface area contributed by atoms with Gasteiger partial charge in [0.15, 0.2) is 0 Å². The van der Waals surface area contributed by atoms with Crippen molar-refractivity contribution in [2.45, 2.75) is 32.9 Å². The minimum absolute atomic E-state index is 0. The summed E-state index contributed by atoms with van der Waals surface area (Å²) < 4.78 is 1.88. The van der Waals surface area contributed by atoms with Gasteiger partial charge in [0.2, 0.25) is 0 Å². The summed E-state index contributed by atoms with van der Waals surface area (Å²) in [5, 5.41) is 10.9. The smallest absolute Gasteiger partial charge is 0.255 e. The second-order valence-electron chi connectivity index (χ2n) is 6.34. The maximum atomic E-state index is 12.6. The molecule has 2 N–H and O–H groups in total. The molecule has 0 radical (unpaired) electrons. The molecule has 1 aliphatic rings. The van der Waals surface area contributed by atoms with Crippen LogP contribution in [0, 0.1) is 12.8 Å². The van der Waals surface area contributed by atoms with Gasteiger partial charge in [-0.3, -0.25) is 9.48 Å². The lowest BCUT2D eigenvalue weighted by molar-refractivity contribution is 0.0914. The third-order valence-corrected chi connectivity index (χ3v) is 4.67. The van der Waals surface area contributed by atoms with Crippen molar-refractivity contribution in [1.82, 2.24) is 20.4 Å². The Kier molecular flexibility index (Phi) is 6.40. The van der Waals surface area contributed by atoms with Crippen LogP contribution in [0.5, 0.6) is 0 Å². The van der Waals surface area contributed by atoms with Crippen LogP contribution in [0.3, 0.4) is 0 Å². The van der Waals surface area contributed by atoms with E-state index in [-0.39, 0.29) is 24.4 Å². The number of hydrogen-bond donors (Lipinski definition) is 2. The quantitative estimate of drug-likeness (QED) is 0.892. The number of halogens is 1. The van der Waals surface area contributed by atoms with Gasteiger partial charge in [-0.1, -0.05) is 37.3 Å². The van der Waals surface area contributed by atoms with Crippen LogP contribution in [-0.2, 0) is 6.54 Å². The summed E-state index contributed by atoms with van der Waals surface area (Å²) in [7, 11) is 0. The normalized spacial score (nSPS) is 20.2. The van der Waals surface area contributed by atoms with Crippen LogP contribution in [0.2, 0.25) is 0 Å². The molecule has 0 saturated carbocycles. The summed E-state index contributed by atoms with van der Waals surface area (Å²) >= 11 is 0. The molecule has 1 amide bonds. The van der Waals surface area contributed by atoms with Crippen LogP contribution in [0.15, 0.2) is 36.5 Å². The molecule has 5 nitrogen and oxygen atoms in total. The summed E-state index contributed by atoms with van der Waals surface area (Å²) in [6.07, 6.45) is 2.77. The number of nitrogens with zero attached hydrogens (tertiary/aromatic N) is 2. The highest BCUT2D eigenvalue weighted by atomic mass is 35.5. The van der Waals surface area contributed by atoms with E-state index in [1.54, 1.807) is 6.20 Å². The van der Waals surface area contributed by atoms with E-state index in [1.807, 2.05) is 29.8 Å². The molecular weight excluding hydrogens is 324 g/mol. The Morgan fingerprint density at radius 2 is 2.12 bits per heavy atom. The van der Waals surface area contributed by atoms with Gasteiger partial charge in [0.05, 0.1) is 18.3 Å². The third-order valence-electron chi connectivity index (χ3n) is 4.67. The second-order valence-corrected chi connectivity index (χ2v) is 6.34. The standard InChI is InChI=1S/C18H24N4O.ClH/c1-13-8-9-19-11-17(13)21-18(23)16-10-20-22(14(16)2)12-15-6-4-3-5-7-15;/h3-7,10,13,17,19H,8-9,11-12H2,1-2H3,(H,21,23);1H. The highest BCUT2D eigenvalue weighted by Gasteiger charge is 2.24. The van der Waals surface area contributed by atoms with E-state index in [2.05, 4.69) is 34.8 Å². The van der Waals surface area contributed by atoms with E-state index in [0.29, 0.717) is 18.0 Å². The van der Waals surface area contributed by atoms with Gasteiger partial charge in [-0.25, -0.2) is 0 Å². The van der Waals surface area contributed by atoms with Crippen molar-refractivity contribution in [1.29, 1.82) is 0 Å². The van der Waals surface area contributed by atoms with Gasteiger partial charge in [0.25, 0.3) is 5.91 Å². The summed E-state index contributed by atoms with van der Waals surface area (Å²) in [6.45, 7) is 6.69. The number of amides is 1. The number of aromatic nitrogens is 2. The Morgan fingerprint density at radius 1 is 1.38 bits per heavy atom. The van der Waals surface area contributed by atoms with Gasteiger partial charge in [0, 0.05) is 18.3 Å². The number of piperidine rings is 1. The predicted molar refractivity (Wildman–Crippen MR) is 97.7 cm³/mol. The first-order valence-electron chi connectivity index (χ1n) is 8.23. The summed E-state index contributed by atoms with van der Waals surface area (Å²) in [5.41, 5.74) is 2.75. The lowest BCUT2D eigenvalue weighted by atomic mass is 9.94. The van der Waals surface area contributed by atoms with Gasteiger partial charge < -0.3 is 10.6 Å². The molecular formula is C18H25ClN4O. The van der Waals surface area contributed by atoms with Crippen LogP contribution in [-0.4, -0.2) is 34.8 Å². The SMILES string of the molecule is Cc1c(C(=O)NC2CNCCC2C)cnn1Cc1ccccc1.Cl. The molecule has 1 fully saturated rings. The minimum Gasteiger partial charge on any atom is -0.348 e. The fraction of sp³-hybridized carbons (Fsp3) is 0.444. The number of rotatable bonds is 4. The van der Waals surface area contributed by atoms with Crippen molar-refractivity contribution in [3.8, 4) is 0 Å². The first-order valence-corrected chi connectivity index (χ1v) is 8.23. The summed E-state index contributed by atoms with van der Waals surface area (Å²) in [4.78, 5) is 12.6. The van der Waals surface area contributed by atoms with Crippen molar-refractivity contribution in [3.05, 3.63) is 53.3 Å². The number of hydrogen-bond acceptors (Lipinski definition) is 3. The average Bonchev–Trinajstić information content (AvgIpc) is 2.92. The summed E-state index contributed by atoms with van der Waals surface area (Å²) in [5.74, 6) is 0.474. The van der Waals surface area contributed by atoms with E-state index in [1.165, 1.54) is 5.56 Å². The molecule has 2 aromatic rings. The number of carbonyl (C=O) groups is 1. The average molecular weight is 349 g/mol. The second kappa shape index (κ2) is 8.31. The molecule has 2 heterocycles. The van der Waals surface area contributed by atoms with Crippen LogP contribution in [0.25, 0.3) is 0 Å². The van der Waals surface area contributed by atoms with E-state index in [4.69, 9.17) is 0 Å². The Bertz CT molecular complexity index is 671. The van der Waals surface area contributed by atoms with Crippen molar-refractivity contribution < 1.29 is 4.79 Å². The van der Waals surface area contributed by atoms with Crippen LogP contribution >= 0.6 is 12.4 Å². The van der Waals surface area contributed by atoms with Gasteiger partial charge in [-0.05, 0) is 31.4 Å². The zero-order valence-electron chi connectivity index (χ0n) is 14.2. The first kappa shape index (κ1) is 18.5. The molecule has 130 valence electrons. The molecule has 3 rings (SSSR count). The molecule has 0 spiro atoms. The van der Waals surface area contributed by atoms with Crippen molar-refractivity contribution >= 4 is 18.3 Å². The lowest BCUT2D eigenvalue weighted by Gasteiger charge is -2.30. The van der Waals surface area contributed by atoms with Crippen molar-refractivity contribution in [3.63, 3.8) is 0 Å². The first-order chi connectivity index (χ1) is 11.1. The Labute approximate surface area is 149 Å². The zero-order valence-corrected chi connectivity index (χ0v) is 15.0. The molecule has 1 aromatic heterocycles. The fourth-order valence-electron chi connectivity index (χ4n) is 3.01. The number of benzene rings is 1. The van der Waals surface area contributed by atoms with Crippen molar-refractivity contribution in [2.75, 3.05) is 13.1 Å². The van der Waals surface area contributed by atoms with Gasteiger partial charge in [-0.15, -0.1) is 12.4 Å². The van der Waals surface area contributed by atoms with Gasteiger partial charge >= 0.3 is 0 Å². The zero-order chi connectivity index (χ0) is 16.2. The Balaban J connectivity index is 0.00000208. The van der Waals surface area contributed by atoms with Gasteiger partial charge in [0.1, 0.15) is 0 Å². The lowest BCUT2D eigenvalue weighted by Crippen LogP contribution is -2.50. The molecule has 1 aromatic carbocycles. The molecule has 1 aliphatic heterocycles. The molecule has 1 saturated heterocycles. The molecule has 2 atom stereocenters. The highest BCUT2D eigenvalue weighted by molar-refractivity contribution is 5.95. The Morgan fingerprint density at radius 3 is 2.83 bits per heavy atom. The maximum Gasteiger partial charge on any atom is 0.255 e. The monoisotopic (exact) mass is 348 g/mol. The molecule has 6 heteroatoms. The number of nitrogens with one attached hydrogen (secondary N) is 2. The topological polar surface area (TPSA) is 59.0 Å². The van der Waals surface area contributed by atoms with E-state index < -0.39 is 0 Å². The predicted octanol–water partition coefficient (Wildman–Crippen LogP) is 2.39. The largest absolute Gasteiger partial charge is 0.348 e. The van der Waals surface area contributed by atoms with Crippen LogP contribution in [0.1, 0.15) is 35.0 Å². The number of carbonyl (C=O) groups excluding carboxylic acids is 1. The molecule has 2 unspecified atom stereocenters. The third kappa shape index (κ3) is 4.16. The minimum atomic E-state index is -0.0256.